The van der Waals surface area contributed by atoms with Crippen molar-refractivity contribution in [3.63, 3.8) is 0 Å². The van der Waals surface area contributed by atoms with E-state index in [1.165, 1.54) is 6.42 Å². The van der Waals surface area contributed by atoms with Crippen LogP contribution in [0.5, 0.6) is 0 Å². The zero-order valence-electron chi connectivity index (χ0n) is 10.7. The number of nitrogens with zero attached hydrogens (tertiary/aromatic N) is 1. The summed E-state index contributed by atoms with van der Waals surface area (Å²) in [7, 11) is 1.78. The van der Waals surface area contributed by atoms with Gasteiger partial charge >= 0.3 is 0 Å². The van der Waals surface area contributed by atoms with Gasteiger partial charge in [0.25, 0.3) is 0 Å². The molecule has 2 unspecified atom stereocenters. The lowest BCUT2D eigenvalue weighted by molar-refractivity contribution is 0.0443. The molecule has 0 saturated carbocycles. The van der Waals surface area contributed by atoms with Crippen LogP contribution in [0, 0.1) is 0 Å². The summed E-state index contributed by atoms with van der Waals surface area (Å²) >= 11 is 0. The molecule has 1 aliphatic rings. The Morgan fingerprint density at radius 3 is 2.87 bits per heavy atom. The third-order valence-electron chi connectivity index (χ3n) is 3.63. The number of ether oxygens (including phenoxy) is 1. The predicted molar refractivity (Wildman–Crippen MR) is 64.2 cm³/mol. The van der Waals surface area contributed by atoms with E-state index in [4.69, 9.17) is 4.74 Å². The van der Waals surface area contributed by atoms with Crippen LogP contribution in [0.1, 0.15) is 33.6 Å². The summed E-state index contributed by atoms with van der Waals surface area (Å²) in [6, 6.07) is 0.618. The molecule has 0 spiro atoms. The highest BCUT2D eigenvalue weighted by molar-refractivity contribution is 4.93. The van der Waals surface area contributed by atoms with Gasteiger partial charge in [-0.05, 0) is 26.7 Å². The molecule has 1 fully saturated rings. The van der Waals surface area contributed by atoms with Crippen molar-refractivity contribution in [2.45, 2.75) is 45.2 Å². The predicted octanol–water partition coefficient (Wildman–Crippen LogP) is 1.49. The number of hydrogen-bond acceptors (Lipinski definition) is 3. The number of rotatable bonds is 5. The first-order valence-corrected chi connectivity index (χ1v) is 6.10. The molecule has 0 aromatic heterocycles. The van der Waals surface area contributed by atoms with Crippen molar-refractivity contribution in [2.24, 2.45) is 0 Å². The fourth-order valence-corrected chi connectivity index (χ4v) is 2.23. The van der Waals surface area contributed by atoms with Crippen molar-refractivity contribution >= 4 is 0 Å². The van der Waals surface area contributed by atoms with Crippen LogP contribution in [0.3, 0.4) is 0 Å². The Morgan fingerprint density at radius 1 is 1.53 bits per heavy atom. The normalized spacial score (nSPS) is 33.2. The minimum absolute atomic E-state index is 0.334. The molecule has 1 saturated heterocycles. The second-order valence-electron chi connectivity index (χ2n) is 4.92. The van der Waals surface area contributed by atoms with Crippen LogP contribution in [0.15, 0.2) is 0 Å². The SMILES string of the molecule is CCC1(C)CNC(C)CN1CCCOC. The number of hydrogen-bond donors (Lipinski definition) is 1. The lowest BCUT2D eigenvalue weighted by atomic mass is 9.92. The summed E-state index contributed by atoms with van der Waals surface area (Å²) in [4.78, 5) is 2.62. The molecule has 1 N–H and O–H groups in total. The molecule has 15 heavy (non-hydrogen) atoms. The summed E-state index contributed by atoms with van der Waals surface area (Å²) in [6.07, 6.45) is 2.35. The van der Waals surface area contributed by atoms with Crippen LogP contribution in [0.25, 0.3) is 0 Å². The zero-order valence-corrected chi connectivity index (χ0v) is 10.7. The van der Waals surface area contributed by atoms with Crippen molar-refractivity contribution in [3.8, 4) is 0 Å². The standard InChI is InChI=1S/C12H26N2O/c1-5-12(3)10-13-11(2)9-14(12)7-6-8-15-4/h11,13H,5-10H2,1-4H3. The van der Waals surface area contributed by atoms with Gasteiger partial charge in [-0.2, -0.15) is 0 Å². The highest BCUT2D eigenvalue weighted by atomic mass is 16.5. The van der Waals surface area contributed by atoms with Gasteiger partial charge in [-0.15, -0.1) is 0 Å². The maximum atomic E-state index is 5.12. The minimum Gasteiger partial charge on any atom is -0.385 e. The van der Waals surface area contributed by atoms with Crippen molar-refractivity contribution < 1.29 is 4.74 Å². The van der Waals surface area contributed by atoms with Crippen LogP contribution < -0.4 is 5.32 Å². The number of piperazine rings is 1. The van der Waals surface area contributed by atoms with E-state index in [9.17, 15) is 0 Å². The fraction of sp³-hybridized carbons (Fsp3) is 1.00. The average molecular weight is 214 g/mol. The smallest absolute Gasteiger partial charge is 0.0474 e. The summed E-state index contributed by atoms with van der Waals surface area (Å²) in [5.41, 5.74) is 0.334. The molecular weight excluding hydrogens is 188 g/mol. The van der Waals surface area contributed by atoms with Gasteiger partial charge < -0.3 is 10.1 Å². The molecule has 2 atom stereocenters. The van der Waals surface area contributed by atoms with Crippen molar-refractivity contribution in [2.75, 3.05) is 33.4 Å². The molecule has 3 heteroatoms. The van der Waals surface area contributed by atoms with Crippen LogP contribution in [0.4, 0.5) is 0 Å². The van der Waals surface area contributed by atoms with Gasteiger partial charge in [-0.3, -0.25) is 4.90 Å². The lowest BCUT2D eigenvalue weighted by Gasteiger charge is -2.47. The molecule has 0 bridgehead atoms. The molecule has 0 radical (unpaired) electrons. The van der Waals surface area contributed by atoms with Crippen LogP contribution >= 0.6 is 0 Å². The van der Waals surface area contributed by atoms with E-state index in [1.54, 1.807) is 7.11 Å². The van der Waals surface area contributed by atoms with E-state index < -0.39 is 0 Å². The van der Waals surface area contributed by atoms with E-state index >= 15 is 0 Å². The maximum absolute atomic E-state index is 5.12. The van der Waals surface area contributed by atoms with Crippen LogP contribution in [-0.2, 0) is 4.74 Å². The topological polar surface area (TPSA) is 24.5 Å². The second kappa shape index (κ2) is 5.83. The maximum Gasteiger partial charge on any atom is 0.0474 e. The molecule has 3 nitrogen and oxygen atoms in total. The molecule has 0 aromatic carbocycles. The first kappa shape index (κ1) is 12.9. The highest BCUT2D eigenvalue weighted by Crippen LogP contribution is 2.22. The van der Waals surface area contributed by atoms with Crippen LogP contribution in [0.2, 0.25) is 0 Å². The molecule has 0 amide bonds. The van der Waals surface area contributed by atoms with Gasteiger partial charge in [0, 0.05) is 44.9 Å². The fourth-order valence-electron chi connectivity index (χ4n) is 2.23. The average Bonchev–Trinajstić information content (AvgIpc) is 2.24. The Bertz CT molecular complexity index is 186. The molecule has 90 valence electrons. The molecular formula is C12H26N2O. The van der Waals surface area contributed by atoms with E-state index in [-0.39, 0.29) is 0 Å². The zero-order chi connectivity index (χ0) is 11.3. The second-order valence-corrected chi connectivity index (χ2v) is 4.92. The lowest BCUT2D eigenvalue weighted by Crippen LogP contribution is -2.62. The van der Waals surface area contributed by atoms with Gasteiger partial charge in [0.2, 0.25) is 0 Å². The Kier molecular flexibility index (Phi) is 5.03. The molecule has 1 aliphatic heterocycles. The quantitative estimate of drug-likeness (QED) is 0.702. The van der Waals surface area contributed by atoms with Gasteiger partial charge in [-0.25, -0.2) is 0 Å². The first-order chi connectivity index (χ1) is 7.12. The number of nitrogens with one attached hydrogen (secondary N) is 1. The summed E-state index contributed by atoms with van der Waals surface area (Å²) in [6.45, 7) is 11.2. The summed E-state index contributed by atoms with van der Waals surface area (Å²) in [5, 5.41) is 3.57. The van der Waals surface area contributed by atoms with E-state index in [2.05, 4.69) is 31.0 Å². The summed E-state index contributed by atoms with van der Waals surface area (Å²) < 4.78 is 5.12. The Morgan fingerprint density at radius 2 is 2.27 bits per heavy atom. The monoisotopic (exact) mass is 214 g/mol. The molecule has 1 rings (SSSR count). The van der Waals surface area contributed by atoms with Crippen molar-refractivity contribution in [3.05, 3.63) is 0 Å². The van der Waals surface area contributed by atoms with Crippen molar-refractivity contribution in [1.82, 2.24) is 10.2 Å². The summed E-state index contributed by atoms with van der Waals surface area (Å²) in [5.74, 6) is 0. The highest BCUT2D eigenvalue weighted by Gasteiger charge is 2.34. The van der Waals surface area contributed by atoms with E-state index in [0.717, 1.165) is 32.7 Å². The molecule has 1 heterocycles. The Labute approximate surface area is 94.2 Å². The number of methoxy groups -OCH3 is 1. The van der Waals surface area contributed by atoms with E-state index in [1.807, 2.05) is 0 Å². The molecule has 0 aliphatic carbocycles. The minimum atomic E-state index is 0.334. The largest absolute Gasteiger partial charge is 0.385 e. The Balaban J connectivity index is 2.47. The van der Waals surface area contributed by atoms with Crippen LogP contribution in [-0.4, -0.2) is 49.8 Å². The first-order valence-electron chi connectivity index (χ1n) is 6.10. The Hall–Kier alpha value is -0.120. The molecule has 0 aromatic rings. The third kappa shape index (κ3) is 3.44. The van der Waals surface area contributed by atoms with Gasteiger partial charge in [0.05, 0.1) is 0 Å². The van der Waals surface area contributed by atoms with Crippen molar-refractivity contribution in [1.29, 1.82) is 0 Å². The van der Waals surface area contributed by atoms with Gasteiger partial charge in [0.15, 0.2) is 0 Å². The third-order valence-corrected chi connectivity index (χ3v) is 3.63. The van der Waals surface area contributed by atoms with Gasteiger partial charge in [-0.1, -0.05) is 6.92 Å². The van der Waals surface area contributed by atoms with Gasteiger partial charge in [0.1, 0.15) is 0 Å². The van der Waals surface area contributed by atoms with E-state index in [0.29, 0.717) is 11.6 Å².